The Hall–Kier alpha value is -0.150. The SMILES string of the molecule is CC(C(N)=S)N(C)C1CC1. The molecule has 0 aromatic heterocycles. The molecule has 0 spiro atoms. The molecule has 0 aromatic carbocycles. The van der Waals surface area contributed by atoms with Gasteiger partial charge >= 0.3 is 0 Å². The molecule has 2 N–H and O–H groups in total. The van der Waals surface area contributed by atoms with Crippen LogP contribution in [0.2, 0.25) is 0 Å². The van der Waals surface area contributed by atoms with Gasteiger partial charge in [-0.15, -0.1) is 0 Å². The van der Waals surface area contributed by atoms with Crippen molar-refractivity contribution in [1.82, 2.24) is 4.90 Å². The molecule has 1 aliphatic carbocycles. The lowest BCUT2D eigenvalue weighted by molar-refractivity contribution is 0.302. The van der Waals surface area contributed by atoms with Crippen molar-refractivity contribution in [3.63, 3.8) is 0 Å². The monoisotopic (exact) mass is 158 g/mol. The third kappa shape index (κ3) is 1.67. The Labute approximate surface area is 67.4 Å². The van der Waals surface area contributed by atoms with E-state index in [2.05, 4.69) is 18.9 Å². The highest BCUT2D eigenvalue weighted by Crippen LogP contribution is 2.26. The van der Waals surface area contributed by atoms with E-state index in [0.29, 0.717) is 4.99 Å². The smallest absolute Gasteiger partial charge is 0.0899 e. The highest BCUT2D eigenvalue weighted by molar-refractivity contribution is 7.80. The number of likely N-dealkylation sites (N-methyl/N-ethyl adjacent to an activating group) is 1. The molecule has 0 radical (unpaired) electrons. The first-order valence-corrected chi connectivity index (χ1v) is 4.05. The minimum absolute atomic E-state index is 0.266. The van der Waals surface area contributed by atoms with Gasteiger partial charge in [-0.1, -0.05) is 12.2 Å². The first kappa shape index (κ1) is 7.95. The van der Waals surface area contributed by atoms with E-state index in [1.54, 1.807) is 0 Å². The maximum Gasteiger partial charge on any atom is 0.0899 e. The summed E-state index contributed by atoms with van der Waals surface area (Å²) in [6.07, 6.45) is 2.62. The van der Waals surface area contributed by atoms with Gasteiger partial charge in [0.1, 0.15) is 0 Å². The Kier molecular flexibility index (Phi) is 2.26. The minimum atomic E-state index is 0.266. The summed E-state index contributed by atoms with van der Waals surface area (Å²) in [6.45, 7) is 2.06. The topological polar surface area (TPSA) is 29.3 Å². The third-order valence-corrected chi connectivity index (χ3v) is 2.49. The van der Waals surface area contributed by atoms with Crippen molar-refractivity contribution >= 4 is 17.2 Å². The fourth-order valence-electron chi connectivity index (χ4n) is 0.999. The van der Waals surface area contributed by atoms with Crippen LogP contribution in [0, 0.1) is 0 Å². The second-order valence-electron chi connectivity index (χ2n) is 2.97. The van der Waals surface area contributed by atoms with E-state index in [4.69, 9.17) is 18.0 Å². The fraction of sp³-hybridized carbons (Fsp3) is 0.857. The van der Waals surface area contributed by atoms with Gasteiger partial charge in [-0.25, -0.2) is 0 Å². The Morgan fingerprint density at radius 1 is 1.70 bits per heavy atom. The maximum atomic E-state index is 5.49. The molecule has 0 heterocycles. The van der Waals surface area contributed by atoms with Crippen LogP contribution in [0.15, 0.2) is 0 Å². The van der Waals surface area contributed by atoms with Gasteiger partial charge in [0.2, 0.25) is 0 Å². The predicted molar refractivity (Wildman–Crippen MR) is 47.0 cm³/mol. The molecular formula is C7H14N2S. The highest BCUT2D eigenvalue weighted by atomic mass is 32.1. The molecule has 1 saturated carbocycles. The minimum Gasteiger partial charge on any atom is -0.392 e. The lowest BCUT2D eigenvalue weighted by Crippen LogP contribution is -2.40. The molecule has 2 nitrogen and oxygen atoms in total. The van der Waals surface area contributed by atoms with Crippen LogP contribution in [-0.4, -0.2) is 29.0 Å². The Morgan fingerprint density at radius 2 is 2.20 bits per heavy atom. The third-order valence-electron chi connectivity index (χ3n) is 2.15. The molecule has 1 aliphatic rings. The molecular weight excluding hydrogens is 144 g/mol. The van der Waals surface area contributed by atoms with E-state index in [0.717, 1.165) is 6.04 Å². The molecule has 0 bridgehead atoms. The first-order valence-electron chi connectivity index (χ1n) is 3.64. The fourth-order valence-corrected chi connectivity index (χ4v) is 1.17. The number of hydrogen-bond acceptors (Lipinski definition) is 2. The van der Waals surface area contributed by atoms with Crippen LogP contribution in [-0.2, 0) is 0 Å². The van der Waals surface area contributed by atoms with Gasteiger partial charge in [-0.3, -0.25) is 4.90 Å². The predicted octanol–water partition coefficient (Wildman–Crippen LogP) is 0.755. The maximum absolute atomic E-state index is 5.49. The summed E-state index contributed by atoms with van der Waals surface area (Å²) in [6, 6.07) is 1.01. The van der Waals surface area contributed by atoms with Gasteiger partial charge < -0.3 is 5.73 Å². The van der Waals surface area contributed by atoms with E-state index >= 15 is 0 Å². The van der Waals surface area contributed by atoms with Crippen LogP contribution in [0.3, 0.4) is 0 Å². The summed E-state index contributed by atoms with van der Waals surface area (Å²) in [5.41, 5.74) is 5.49. The second-order valence-corrected chi connectivity index (χ2v) is 3.45. The molecule has 0 saturated heterocycles. The Bertz CT molecular complexity index is 143. The average Bonchev–Trinajstić information content (AvgIpc) is 2.65. The largest absolute Gasteiger partial charge is 0.392 e. The van der Waals surface area contributed by atoms with Gasteiger partial charge in [0.25, 0.3) is 0 Å². The number of nitrogens with zero attached hydrogens (tertiary/aromatic N) is 1. The number of nitrogens with two attached hydrogens (primary N) is 1. The van der Waals surface area contributed by atoms with Gasteiger partial charge in [-0.2, -0.15) is 0 Å². The first-order chi connectivity index (χ1) is 4.63. The van der Waals surface area contributed by atoms with Crippen molar-refractivity contribution < 1.29 is 0 Å². The molecule has 0 aromatic rings. The van der Waals surface area contributed by atoms with Crippen molar-refractivity contribution in [3.8, 4) is 0 Å². The van der Waals surface area contributed by atoms with Gasteiger partial charge in [-0.05, 0) is 26.8 Å². The molecule has 1 rings (SSSR count). The van der Waals surface area contributed by atoms with E-state index in [9.17, 15) is 0 Å². The molecule has 58 valence electrons. The zero-order valence-electron chi connectivity index (χ0n) is 6.50. The molecule has 10 heavy (non-hydrogen) atoms. The lowest BCUT2D eigenvalue weighted by atomic mass is 10.3. The second kappa shape index (κ2) is 2.84. The molecule has 0 amide bonds. The average molecular weight is 158 g/mol. The van der Waals surface area contributed by atoms with Crippen LogP contribution >= 0.6 is 12.2 Å². The molecule has 1 atom stereocenters. The van der Waals surface area contributed by atoms with Crippen molar-refractivity contribution in [2.24, 2.45) is 5.73 Å². The van der Waals surface area contributed by atoms with E-state index in [1.807, 2.05) is 0 Å². The van der Waals surface area contributed by atoms with Crippen molar-refractivity contribution in [3.05, 3.63) is 0 Å². The standard InChI is InChI=1S/C7H14N2S/c1-5(7(8)10)9(2)6-3-4-6/h5-6H,3-4H2,1-2H3,(H2,8,10). The Balaban J connectivity index is 2.38. The molecule has 0 aliphatic heterocycles. The van der Waals surface area contributed by atoms with Crippen molar-refractivity contribution in [1.29, 1.82) is 0 Å². The van der Waals surface area contributed by atoms with Crippen LogP contribution in [0.1, 0.15) is 19.8 Å². The van der Waals surface area contributed by atoms with E-state index < -0.39 is 0 Å². The number of thiocarbonyl (C=S) groups is 1. The van der Waals surface area contributed by atoms with E-state index in [-0.39, 0.29) is 6.04 Å². The summed E-state index contributed by atoms with van der Waals surface area (Å²) in [5, 5.41) is 0. The zero-order valence-corrected chi connectivity index (χ0v) is 7.32. The lowest BCUT2D eigenvalue weighted by Gasteiger charge is -2.22. The summed E-state index contributed by atoms with van der Waals surface area (Å²) >= 11 is 4.88. The van der Waals surface area contributed by atoms with Crippen LogP contribution in [0.5, 0.6) is 0 Å². The van der Waals surface area contributed by atoms with Gasteiger partial charge in [0, 0.05) is 6.04 Å². The van der Waals surface area contributed by atoms with Crippen LogP contribution < -0.4 is 5.73 Å². The van der Waals surface area contributed by atoms with Crippen LogP contribution in [0.25, 0.3) is 0 Å². The van der Waals surface area contributed by atoms with Gasteiger partial charge in [0.15, 0.2) is 0 Å². The zero-order chi connectivity index (χ0) is 7.72. The quantitative estimate of drug-likeness (QED) is 0.615. The Morgan fingerprint density at radius 3 is 2.50 bits per heavy atom. The summed E-state index contributed by atoms with van der Waals surface area (Å²) < 4.78 is 0. The van der Waals surface area contributed by atoms with Gasteiger partial charge in [0.05, 0.1) is 11.0 Å². The summed E-state index contributed by atoms with van der Waals surface area (Å²) in [7, 11) is 2.08. The summed E-state index contributed by atoms with van der Waals surface area (Å²) in [4.78, 5) is 2.86. The highest BCUT2D eigenvalue weighted by Gasteiger charge is 2.29. The normalized spacial score (nSPS) is 21.1. The number of hydrogen-bond donors (Lipinski definition) is 1. The molecule has 1 fully saturated rings. The number of rotatable bonds is 3. The van der Waals surface area contributed by atoms with Crippen molar-refractivity contribution in [2.75, 3.05) is 7.05 Å². The molecule has 3 heteroatoms. The van der Waals surface area contributed by atoms with Crippen LogP contribution in [0.4, 0.5) is 0 Å². The molecule has 1 unspecified atom stereocenters. The summed E-state index contributed by atoms with van der Waals surface area (Å²) in [5.74, 6) is 0. The van der Waals surface area contributed by atoms with E-state index in [1.165, 1.54) is 12.8 Å². The van der Waals surface area contributed by atoms with Crippen molar-refractivity contribution in [2.45, 2.75) is 31.8 Å².